The van der Waals surface area contributed by atoms with E-state index < -0.39 is 0 Å². The maximum Gasteiger partial charge on any atom is 0.145 e. The van der Waals surface area contributed by atoms with Crippen molar-refractivity contribution in [3.8, 4) is 17.0 Å². The molecule has 100 valence electrons. The van der Waals surface area contributed by atoms with Gasteiger partial charge in [0.1, 0.15) is 11.4 Å². The zero-order chi connectivity index (χ0) is 13.5. The van der Waals surface area contributed by atoms with Crippen LogP contribution in [0.15, 0.2) is 35.7 Å². The van der Waals surface area contributed by atoms with Gasteiger partial charge in [-0.3, -0.25) is 0 Å². The van der Waals surface area contributed by atoms with Crippen molar-refractivity contribution < 1.29 is 4.74 Å². The van der Waals surface area contributed by atoms with E-state index in [2.05, 4.69) is 27.2 Å². The van der Waals surface area contributed by atoms with Crippen LogP contribution in [0.25, 0.3) is 11.3 Å². The molecule has 2 rings (SSSR count). The highest BCUT2D eigenvalue weighted by Gasteiger charge is 2.05. The van der Waals surface area contributed by atoms with Crippen LogP contribution in [-0.4, -0.2) is 30.0 Å². The Bertz CT molecular complexity index is 534. The summed E-state index contributed by atoms with van der Waals surface area (Å²) in [5.41, 5.74) is 2.68. The quantitative estimate of drug-likeness (QED) is 0.476. The van der Waals surface area contributed by atoms with Crippen LogP contribution in [0.5, 0.6) is 5.75 Å². The topological polar surface area (TPSA) is 62.3 Å². The number of aromatic amines is 1. The Morgan fingerprint density at radius 2 is 2.37 bits per heavy atom. The Morgan fingerprint density at radius 1 is 1.47 bits per heavy atom. The maximum atomic E-state index is 5.36. The van der Waals surface area contributed by atoms with Gasteiger partial charge in [0.25, 0.3) is 0 Å². The summed E-state index contributed by atoms with van der Waals surface area (Å²) >= 11 is 0. The highest BCUT2D eigenvalue weighted by Crippen LogP contribution is 2.31. The van der Waals surface area contributed by atoms with Crippen molar-refractivity contribution in [1.82, 2.24) is 15.3 Å². The highest BCUT2D eigenvalue weighted by atomic mass is 16.5. The van der Waals surface area contributed by atoms with E-state index in [0.717, 1.165) is 35.7 Å². The fourth-order valence-corrected chi connectivity index (χ4v) is 1.69. The number of nitrogens with zero attached hydrogens (tertiary/aromatic N) is 2. The molecule has 2 N–H and O–H groups in total. The van der Waals surface area contributed by atoms with Gasteiger partial charge >= 0.3 is 0 Å². The third-order valence-electron chi connectivity index (χ3n) is 2.66. The lowest BCUT2D eigenvalue weighted by Crippen LogP contribution is -2.10. The summed E-state index contributed by atoms with van der Waals surface area (Å²) in [5, 5.41) is 3.11. The zero-order valence-corrected chi connectivity index (χ0v) is 11.2. The first kappa shape index (κ1) is 13.1. The van der Waals surface area contributed by atoms with Gasteiger partial charge in [-0.25, -0.2) is 9.98 Å². The van der Waals surface area contributed by atoms with Gasteiger partial charge in [-0.2, -0.15) is 0 Å². The van der Waals surface area contributed by atoms with Gasteiger partial charge in [-0.1, -0.05) is 13.0 Å². The van der Waals surface area contributed by atoms with Crippen LogP contribution < -0.4 is 10.1 Å². The Balaban J connectivity index is 2.19. The molecule has 1 aromatic carbocycles. The number of rotatable bonds is 6. The first-order valence-corrected chi connectivity index (χ1v) is 6.28. The molecule has 2 aromatic rings. The van der Waals surface area contributed by atoms with Gasteiger partial charge in [0.05, 0.1) is 25.5 Å². The smallest absolute Gasteiger partial charge is 0.145 e. The minimum atomic E-state index is 0.732. The predicted molar refractivity (Wildman–Crippen MR) is 77.0 cm³/mol. The Kier molecular flexibility index (Phi) is 4.55. The molecule has 0 saturated heterocycles. The molecule has 0 bridgehead atoms. The highest BCUT2D eigenvalue weighted by molar-refractivity contribution is 5.70. The molecular weight excluding hydrogens is 240 g/mol. The number of hydrogen-bond acceptors (Lipinski definition) is 3. The van der Waals surface area contributed by atoms with Crippen molar-refractivity contribution in [2.45, 2.75) is 13.3 Å². The molecule has 5 heteroatoms. The number of aliphatic imine (C=N–C) groups is 1. The predicted octanol–water partition coefficient (Wildman–Crippen LogP) is 2.74. The third-order valence-corrected chi connectivity index (χ3v) is 2.66. The van der Waals surface area contributed by atoms with Crippen molar-refractivity contribution in [2.24, 2.45) is 4.99 Å². The second kappa shape index (κ2) is 6.58. The fraction of sp³-hybridized carbons (Fsp3) is 0.286. The van der Waals surface area contributed by atoms with Crippen molar-refractivity contribution in [3.63, 3.8) is 0 Å². The average Bonchev–Trinajstić information content (AvgIpc) is 2.98. The normalized spacial score (nSPS) is 10.8. The summed E-state index contributed by atoms with van der Waals surface area (Å²) in [6.07, 6.45) is 6.28. The van der Waals surface area contributed by atoms with Crippen molar-refractivity contribution in [2.75, 3.05) is 13.7 Å². The monoisotopic (exact) mass is 258 g/mol. The van der Waals surface area contributed by atoms with Crippen LogP contribution in [0.2, 0.25) is 0 Å². The lowest BCUT2D eigenvalue weighted by Gasteiger charge is -2.06. The standard InChI is InChI=1S/C14H18N4O/c1-3-6-15-9-17-12-5-4-11(7-14(12)19-2)13-8-16-10-18-13/h4-5,7-10H,3,6H2,1-2H3,(H,15,17)(H,16,18). The maximum absolute atomic E-state index is 5.36. The second-order valence-electron chi connectivity index (χ2n) is 4.05. The molecule has 0 radical (unpaired) electrons. The molecule has 0 aliphatic heterocycles. The molecule has 19 heavy (non-hydrogen) atoms. The SMILES string of the molecule is CCCN/C=N/c1ccc(-c2c[nH]cn2)cc1OC. The van der Waals surface area contributed by atoms with Crippen molar-refractivity contribution >= 4 is 12.0 Å². The van der Waals surface area contributed by atoms with Crippen LogP contribution in [-0.2, 0) is 0 Å². The van der Waals surface area contributed by atoms with Crippen molar-refractivity contribution in [1.29, 1.82) is 0 Å². The fourth-order valence-electron chi connectivity index (χ4n) is 1.69. The summed E-state index contributed by atoms with van der Waals surface area (Å²) in [6.45, 7) is 3.03. The number of aromatic nitrogens is 2. The molecule has 0 fully saturated rings. The van der Waals surface area contributed by atoms with Gasteiger partial charge in [-0.05, 0) is 18.6 Å². The molecule has 5 nitrogen and oxygen atoms in total. The molecule has 1 aromatic heterocycles. The number of H-pyrrole nitrogens is 1. The van der Waals surface area contributed by atoms with Crippen LogP contribution >= 0.6 is 0 Å². The molecule has 0 aliphatic rings. The van der Waals surface area contributed by atoms with Gasteiger partial charge in [0.15, 0.2) is 0 Å². The number of nitrogens with one attached hydrogen (secondary N) is 2. The average molecular weight is 258 g/mol. The summed E-state index contributed by atoms with van der Waals surface area (Å²) in [6, 6.07) is 5.83. The minimum absolute atomic E-state index is 0.732. The molecular formula is C14H18N4O. The molecule has 0 saturated carbocycles. The van der Waals surface area contributed by atoms with Gasteiger partial charge in [0.2, 0.25) is 0 Å². The molecule has 0 unspecified atom stereocenters. The first-order valence-electron chi connectivity index (χ1n) is 6.28. The van der Waals surface area contributed by atoms with Gasteiger partial charge < -0.3 is 15.0 Å². The minimum Gasteiger partial charge on any atom is -0.494 e. The third kappa shape index (κ3) is 3.34. The van der Waals surface area contributed by atoms with E-state index in [-0.39, 0.29) is 0 Å². The van der Waals surface area contributed by atoms with E-state index in [1.165, 1.54) is 0 Å². The summed E-state index contributed by atoms with van der Waals surface area (Å²) in [7, 11) is 1.64. The lowest BCUT2D eigenvalue weighted by atomic mass is 10.1. The van der Waals surface area contributed by atoms with Gasteiger partial charge in [-0.15, -0.1) is 0 Å². The number of imidazole rings is 1. The van der Waals surface area contributed by atoms with E-state index in [1.807, 2.05) is 24.4 Å². The Hall–Kier alpha value is -2.30. The largest absolute Gasteiger partial charge is 0.494 e. The van der Waals surface area contributed by atoms with E-state index in [1.54, 1.807) is 19.8 Å². The Morgan fingerprint density at radius 3 is 3.05 bits per heavy atom. The van der Waals surface area contributed by atoms with E-state index in [4.69, 9.17) is 4.74 Å². The molecule has 0 spiro atoms. The number of methoxy groups -OCH3 is 1. The molecule has 0 atom stereocenters. The van der Waals surface area contributed by atoms with Crippen LogP contribution in [0.1, 0.15) is 13.3 Å². The van der Waals surface area contributed by atoms with Gasteiger partial charge in [0, 0.05) is 18.3 Å². The van der Waals surface area contributed by atoms with E-state index in [0.29, 0.717) is 0 Å². The lowest BCUT2D eigenvalue weighted by molar-refractivity contribution is 0.416. The first-order chi connectivity index (χ1) is 9.35. The second-order valence-corrected chi connectivity index (χ2v) is 4.05. The van der Waals surface area contributed by atoms with E-state index >= 15 is 0 Å². The zero-order valence-electron chi connectivity index (χ0n) is 11.2. The molecule has 1 heterocycles. The van der Waals surface area contributed by atoms with Crippen molar-refractivity contribution in [3.05, 3.63) is 30.7 Å². The number of benzene rings is 1. The molecule has 0 amide bonds. The molecule has 0 aliphatic carbocycles. The summed E-state index contributed by atoms with van der Waals surface area (Å²) in [4.78, 5) is 11.5. The Labute approximate surface area is 112 Å². The van der Waals surface area contributed by atoms with Crippen LogP contribution in [0.3, 0.4) is 0 Å². The van der Waals surface area contributed by atoms with E-state index in [9.17, 15) is 0 Å². The summed E-state index contributed by atoms with van der Waals surface area (Å²) < 4.78 is 5.36. The summed E-state index contributed by atoms with van der Waals surface area (Å²) in [5.74, 6) is 0.732. The van der Waals surface area contributed by atoms with Crippen LogP contribution in [0.4, 0.5) is 5.69 Å². The number of ether oxygens (including phenoxy) is 1. The number of hydrogen-bond donors (Lipinski definition) is 2. The van der Waals surface area contributed by atoms with Crippen LogP contribution in [0, 0.1) is 0 Å².